The molecule has 0 saturated carbocycles. The van der Waals surface area contributed by atoms with Gasteiger partial charge in [-0.25, -0.2) is 4.98 Å². The predicted molar refractivity (Wildman–Crippen MR) is 161 cm³/mol. The standard InChI is InChI=1S/C16H22ClN3O.C14H4N2O2S2/c1-15(2,3)16(21,10-20-12-18-11-19-20)9-8-13-4-6-14(17)7-5-13;15-5-9-10(6-16)20-14-12(18)8-4-2-1-3-7(8)11(17)13(14)19-9/h4-7,11-12,21H,8-10H2,1-3H3;1-4H. The van der Waals surface area contributed by atoms with Crippen molar-refractivity contribution in [2.75, 3.05) is 0 Å². The number of fused-ring (bicyclic) bond motifs is 1. The van der Waals surface area contributed by atoms with E-state index in [0.29, 0.717) is 23.7 Å². The first kappa shape index (κ1) is 30.0. The molecule has 2 heterocycles. The van der Waals surface area contributed by atoms with E-state index in [1.807, 2.05) is 57.2 Å². The van der Waals surface area contributed by atoms with Crippen LogP contribution in [-0.4, -0.2) is 25.5 Å². The van der Waals surface area contributed by atoms with Gasteiger partial charge in [-0.15, -0.1) is 22.7 Å². The number of aliphatic hydroxyl groups is 1. The lowest BCUT2D eigenvalue weighted by atomic mass is 9.73. The van der Waals surface area contributed by atoms with Crippen LogP contribution < -0.4 is 10.9 Å². The second kappa shape index (κ2) is 12.3. The van der Waals surface area contributed by atoms with Crippen LogP contribution in [0.4, 0.5) is 0 Å². The van der Waals surface area contributed by atoms with Gasteiger partial charge in [-0.05, 0) is 36.0 Å². The molecule has 1 aliphatic heterocycles. The molecule has 208 valence electrons. The number of aromatic nitrogens is 3. The van der Waals surface area contributed by atoms with Crippen molar-refractivity contribution in [3.63, 3.8) is 0 Å². The van der Waals surface area contributed by atoms with Crippen molar-refractivity contribution in [2.45, 2.75) is 45.8 Å². The van der Waals surface area contributed by atoms with E-state index in [1.54, 1.807) is 35.3 Å². The molecule has 0 spiro atoms. The summed E-state index contributed by atoms with van der Waals surface area (Å²) in [6.07, 6.45) is 4.57. The third kappa shape index (κ3) is 6.53. The molecule has 0 amide bonds. The highest BCUT2D eigenvalue weighted by Gasteiger charge is 2.40. The zero-order chi connectivity index (χ0) is 29.8. The second-order valence-corrected chi connectivity index (χ2v) is 12.9. The summed E-state index contributed by atoms with van der Waals surface area (Å²) in [5.74, 6) is 0. The maximum absolute atomic E-state index is 12.4. The first-order chi connectivity index (χ1) is 19.5. The molecule has 2 aliphatic rings. The van der Waals surface area contributed by atoms with E-state index in [4.69, 9.17) is 22.1 Å². The Morgan fingerprint density at radius 1 is 0.927 bits per heavy atom. The maximum atomic E-state index is 12.4. The van der Waals surface area contributed by atoms with Crippen LogP contribution in [0.1, 0.15) is 42.5 Å². The summed E-state index contributed by atoms with van der Waals surface area (Å²) in [6.45, 7) is 6.58. The molecular formula is C30H26ClN5O3S2. The fourth-order valence-electron chi connectivity index (χ4n) is 4.24. The third-order valence-electron chi connectivity index (χ3n) is 6.88. The van der Waals surface area contributed by atoms with Crippen LogP contribution in [0.5, 0.6) is 0 Å². The molecule has 1 unspecified atom stereocenters. The fourth-order valence-corrected chi connectivity index (χ4v) is 6.41. The minimum atomic E-state index is -0.861. The third-order valence-corrected chi connectivity index (χ3v) is 9.58. The van der Waals surface area contributed by atoms with Crippen LogP contribution in [0.3, 0.4) is 0 Å². The van der Waals surface area contributed by atoms with E-state index in [9.17, 15) is 14.7 Å². The van der Waals surface area contributed by atoms with Gasteiger partial charge in [0.15, 0.2) is 0 Å². The van der Waals surface area contributed by atoms with Gasteiger partial charge in [-0.2, -0.15) is 15.6 Å². The molecule has 0 saturated heterocycles. The Balaban J connectivity index is 0.000000189. The van der Waals surface area contributed by atoms with Crippen molar-refractivity contribution >= 4 is 45.0 Å². The van der Waals surface area contributed by atoms with Crippen LogP contribution >= 0.6 is 34.3 Å². The van der Waals surface area contributed by atoms with Crippen molar-refractivity contribution < 1.29 is 5.11 Å². The number of hydrogen-bond donors (Lipinski definition) is 1. The van der Waals surface area contributed by atoms with Gasteiger partial charge in [0.25, 0.3) is 0 Å². The molecule has 3 aromatic rings. The predicted octanol–water partition coefficient (Wildman–Crippen LogP) is 5.49. The van der Waals surface area contributed by atoms with Gasteiger partial charge in [-0.3, -0.25) is 14.3 Å². The van der Waals surface area contributed by atoms with Crippen molar-refractivity contribution in [3.8, 4) is 12.1 Å². The van der Waals surface area contributed by atoms with E-state index >= 15 is 0 Å². The Hall–Kier alpha value is -3.93. The Morgan fingerprint density at radius 2 is 1.46 bits per heavy atom. The number of benzene rings is 2. The van der Waals surface area contributed by atoms with Crippen LogP contribution in [-0.2, 0) is 13.0 Å². The van der Waals surface area contributed by atoms with Gasteiger partial charge < -0.3 is 5.11 Å². The normalized spacial score (nSPS) is 12.7. The van der Waals surface area contributed by atoms with Gasteiger partial charge in [0.05, 0.1) is 21.2 Å². The Bertz CT molecular complexity index is 1860. The Morgan fingerprint density at radius 3 is 1.90 bits per heavy atom. The Kier molecular flexibility index (Phi) is 9.01. The highest BCUT2D eigenvalue weighted by atomic mass is 35.5. The van der Waals surface area contributed by atoms with Crippen molar-refractivity contribution in [1.29, 1.82) is 10.5 Å². The highest BCUT2D eigenvalue weighted by molar-refractivity contribution is 7.18. The average Bonchev–Trinajstić information content (AvgIpc) is 3.47. The number of hydrogen-bond acceptors (Lipinski definition) is 9. The van der Waals surface area contributed by atoms with Crippen LogP contribution in [0.25, 0.3) is 10.8 Å². The quantitative estimate of drug-likeness (QED) is 0.281. The van der Waals surface area contributed by atoms with Crippen molar-refractivity contribution in [3.05, 3.63) is 111 Å². The van der Waals surface area contributed by atoms with Gasteiger partial charge in [-0.1, -0.05) is 68.8 Å². The SMILES string of the molecule is CC(C)(C)C(O)(CCc1ccc(Cl)cc1)Cn1cncn1.N#Cc1sc2c(=O)c3ccccc3c(=O)c=2sc1C#N. The van der Waals surface area contributed by atoms with Crippen LogP contribution in [0.2, 0.25) is 5.02 Å². The monoisotopic (exact) mass is 603 g/mol. The zero-order valence-corrected chi connectivity index (χ0v) is 25.0. The molecule has 41 heavy (non-hydrogen) atoms. The molecule has 0 fully saturated rings. The number of nitrogens with zero attached hydrogens (tertiary/aromatic N) is 5. The zero-order valence-electron chi connectivity index (χ0n) is 22.6. The summed E-state index contributed by atoms with van der Waals surface area (Å²) in [7, 11) is 0. The minimum Gasteiger partial charge on any atom is -0.387 e. The fraction of sp³-hybridized carbons (Fsp3) is 0.267. The van der Waals surface area contributed by atoms with E-state index in [2.05, 4.69) is 10.1 Å². The molecule has 0 radical (unpaired) electrons. The van der Waals surface area contributed by atoms with Crippen molar-refractivity contribution in [1.82, 2.24) is 14.8 Å². The molecule has 1 aliphatic carbocycles. The number of nitriles is 2. The lowest BCUT2D eigenvalue weighted by Gasteiger charge is -2.40. The first-order valence-electron chi connectivity index (χ1n) is 12.6. The van der Waals surface area contributed by atoms with Gasteiger partial charge in [0.2, 0.25) is 10.9 Å². The van der Waals surface area contributed by atoms with E-state index < -0.39 is 5.60 Å². The molecular weight excluding hydrogens is 578 g/mol. The topological polar surface area (TPSA) is 133 Å². The number of halogens is 1. The van der Waals surface area contributed by atoms with E-state index in [0.717, 1.165) is 34.1 Å². The van der Waals surface area contributed by atoms with Crippen LogP contribution in [0, 0.1) is 37.1 Å². The summed E-state index contributed by atoms with van der Waals surface area (Å²) >= 11 is 7.72. The summed E-state index contributed by atoms with van der Waals surface area (Å²) < 4.78 is 2.18. The summed E-state index contributed by atoms with van der Waals surface area (Å²) in [6, 6.07) is 18.1. The van der Waals surface area contributed by atoms with Gasteiger partial charge in [0, 0.05) is 15.8 Å². The molecule has 1 atom stereocenters. The summed E-state index contributed by atoms with van der Waals surface area (Å²) in [5, 5.41) is 34.7. The molecule has 1 N–H and O–H groups in total. The van der Waals surface area contributed by atoms with E-state index in [1.165, 1.54) is 11.9 Å². The molecule has 5 rings (SSSR count). The lowest BCUT2D eigenvalue weighted by Crippen LogP contribution is -2.47. The molecule has 0 bridgehead atoms. The molecule has 8 nitrogen and oxygen atoms in total. The maximum Gasteiger partial charge on any atom is 0.205 e. The van der Waals surface area contributed by atoms with Crippen LogP contribution in [0.15, 0.2) is 70.8 Å². The molecule has 11 heteroatoms. The van der Waals surface area contributed by atoms with Crippen molar-refractivity contribution in [2.24, 2.45) is 5.41 Å². The molecule has 2 aromatic carbocycles. The highest BCUT2D eigenvalue weighted by Crippen LogP contribution is 2.35. The average molecular weight is 604 g/mol. The smallest absolute Gasteiger partial charge is 0.205 e. The van der Waals surface area contributed by atoms with Gasteiger partial charge in [0.1, 0.15) is 34.5 Å². The number of rotatable bonds is 5. The van der Waals surface area contributed by atoms with Gasteiger partial charge >= 0.3 is 0 Å². The molecule has 1 aromatic heterocycles. The summed E-state index contributed by atoms with van der Waals surface area (Å²) in [5.41, 5.74) is -0.485. The lowest BCUT2D eigenvalue weighted by molar-refractivity contribution is -0.0796. The largest absolute Gasteiger partial charge is 0.387 e. The number of aryl methyl sites for hydroxylation is 1. The second-order valence-electron chi connectivity index (χ2n) is 10.4. The summed E-state index contributed by atoms with van der Waals surface area (Å²) in [4.78, 5) is 29.1. The minimum absolute atomic E-state index is 0.164. The first-order valence-corrected chi connectivity index (χ1v) is 14.6. The van der Waals surface area contributed by atoms with E-state index in [-0.39, 0.29) is 35.1 Å². The Labute approximate surface area is 249 Å².